The third-order valence-electron chi connectivity index (χ3n) is 2.27. The average Bonchev–Trinajstić information content (AvgIpc) is 1.95. The molecule has 2 rings (SSSR count). The molecular weight excluding hydrogens is 204 g/mol. The van der Waals surface area contributed by atoms with Crippen LogP contribution in [0.25, 0.3) is 0 Å². The second kappa shape index (κ2) is 2.61. The zero-order valence-electron chi connectivity index (χ0n) is 6.05. The summed E-state index contributed by atoms with van der Waals surface area (Å²) in [5.41, 5.74) is 2.67. The van der Waals surface area contributed by atoms with Gasteiger partial charge in [-0.3, -0.25) is 0 Å². The van der Waals surface area contributed by atoms with Crippen LogP contribution in [-0.4, -0.2) is 11.7 Å². The lowest BCUT2D eigenvalue weighted by atomic mass is 9.78. The van der Waals surface area contributed by atoms with Crippen LogP contribution in [0.3, 0.4) is 0 Å². The number of hydrogen-bond acceptors (Lipinski definition) is 1. The van der Waals surface area contributed by atoms with Crippen LogP contribution in [0.1, 0.15) is 17.0 Å². The number of aliphatic hydroxyl groups excluding tert-OH is 1. The van der Waals surface area contributed by atoms with Gasteiger partial charge in [0.2, 0.25) is 0 Å². The van der Waals surface area contributed by atoms with Crippen molar-refractivity contribution in [2.45, 2.75) is 12.3 Å². The van der Waals surface area contributed by atoms with Crippen molar-refractivity contribution >= 4 is 15.9 Å². The molecule has 0 aromatic heterocycles. The molecule has 1 aliphatic rings. The number of rotatable bonds is 1. The largest absolute Gasteiger partial charge is 0.396 e. The molecule has 0 fully saturated rings. The Kier molecular flexibility index (Phi) is 1.74. The number of halogens is 1. The molecule has 2 heteroatoms. The highest BCUT2D eigenvalue weighted by Gasteiger charge is 2.26. The summed E-state index contributed by atoms with van der Waals surface area (Å²) >= 11 is 3.47. The van der Waals surface area contributed by atoms with Gasteiger partial charge in [0.05, 0.1) is 6.61 Å². The van der Waals surface area contributed by atoms with Crippen LogP contribution in [0.4, 0.5) is 0 Å². The van der Waals surface area contributed by atoms with E-state index < -0.39 is 0 Å². The van der Waals surface area contributed by atoms with Crippen LogP contribution in [0.2, 0.25) is 0 Å². The summed E-state index contributed by atoms with van der Waals surface area (Å²) in [5.74, 6) is 0.391. The Balaban J connectivity index is 2.41. The minimum atomic E-state index is 0.281. The highest BCUT2D eigenvalue weighted by atomic mass is 79.9. The van der Waals surface area contributed by atoms with Gasteiger partial charge in [0.25, 0.3) is 0 Å². The third kappa shape index (κ3) is 1.01. The van der Waals surface area contributed by atoms with Gasteiger partial charge in [-0.05, 0) is 23.6 Å². The maximum absolute atomic E-state index is 8.91. The van der Waals surface area contributed by atoms with E-state index in [0.29, 0.717) is 5.92 Å². The molecule has 1 N–H and O–H groups in total. The molecule has 1 aromatic carbocycles. The maximum Gasteiger partial charge on any atom is 0.0503 e. The van der Waals surface area contributed by atoms with Crippen LogP contribution < -0.4 is 0 Å². The maximum atomic E-state index is 8.91. The van der Waals surface area contributed by atoms with E-state index in [0.717, 1.165) is 6.42 Å². The Morgan fingerprint density at radius 1 is 1.55 bits per heavy atom. The lowest BCUT2D eigenvalue weighted by molar-refractivity contribution is 0.253. The zero-order chi connectivity index (χ0) is 7.84. The molecule has 1 aliphatic carbocycles. The van der Waals surface area contributed by atoms with Crippen molar-refractivity contribution < 1.29 is 5.11 Å². The van der Waals surface area contributed by atoms with Crippen LogP contribution in [0.15, 0.2) is 22.7 Å². The first-order valence-electron chi connectivity index (χ1n) is 3.71. The third-order valence-corrected chi connectivity index (χ3v) is 3.01. The van der Waals surface area contributed by atoms with Crippen LogP contribution >= 0.6 is 15.9 Å². The fourth-order valence-corrected chi connectivity index (χ4v) is 2.10. The summed E-state index contributed by atoms with van der Waals surface area (Å²) in [5, 5.41) is 8.91. The van der Waals surface area contributed by atoms with E-state index in [1.807, 2.05) is 12.1 Å². The van der Waals surface area contributed by atoms with E-state index in [1.54, 1.807) is 0 Å². The molecule has 11 heavy (non-hydrogen) atoms. The smallest absolute Gasteiger partial charge is 0.0503 e. The highest BCUT2D eigenvalue weighted by molar-refractivity contribution is 9.10. The zero-order valence-corrected chi connectivity index (χ0v) is 7.63. The number of fused-ring (bicyclic) bond motifs is 1. The van der Waals surface area contributed by atoms with E-state index in [2.05, 4.69) is 22.0 Å². The van der Waals surface area contributed by atoms with Gasteiger partial charge in [0, 0.05) is 10.4 Å². The molecule has 0 bridgehead atoms. The molecule has 1 unspecified atom stereocenters. The molecule has 0 amide bonds. The lowest BCUT2D eigenvalue weighted by Gasteiger charge is -2.29. The summed E-state index contributed by atoms with van der Waals surface area (Å²) < 4.78 is 1.18. The summed E-state index contributed by atoms with van der Waals surface area (Å²) in [4.78, 5) is 0. The van der Waals surface area contributed by atoms with Crippen molar-refractivity contribution in [3.8, 4) is 0 Å². The normalized spacial score (nSPS) is 20.7. The molecule has 0 heterocycles. The summed E-state index contributed by atoms with van der Waals surface area (Å²) in [6.45, 7) is 0.281. The van der Waals surface area contributed by atoms with Crippen LogP contribution in [0, 0.1) is 0 Å². The van der Waals surface area contributed by atoms with Crippen molar-refractivity contribution in [3.05, 3.63) is 33.8 Å². The fourth-order valence-electron chi connectivity index (χ4n) is 1.56. The Hall–Kier alpha value is -0.340. The second-order valence-electron chi connectivity index (χ2n) is 2.89. The molecule has 0 spiro atoms. The molecular formula is C9H9BrO. The van der Waals surface area contributed by atoms with Gasteiger partial charge < -0.3 is 5.11 Å². The van der Waals surface area contributed by atoms with Gasteiger partial charge in [0.1, 0.15) is 0 Å². The van der Waals surface area contributed by atoms with Crippen molar-refractivity contribution in [1.82, 2.24) is 0 Å². The number of hydrogen-bond donors (Lipinski definition) is 1. The van der Waals surface area contributed by atoms with Crippen LogP contribution in [-0.2, 0) is 6.42 Å². The van der Waals surface area contributed by atoms with E-state index in [4.69, 9.17) is 5.11 Å². The Bertz CT molecular complexity index is 283. The van der Waals surface area contributed by atoms with E-state index in [1.165, 1.54) is 15.6 Å². The van der Waals surface area contributed by atoms with Crippen molar-refractivity contribution in [2.24, 2.45) is 0 Å². The number of benzene rings is 1. The Morgan fingerprint density at radius 3 is 3.09 bits per heavy atom. The monoisotopic (exact) mass is 212 g/mol. The molecule has 1 aromatic rings. The molecule has 1 atom stereocenters. The fraction of sp³-hybridized carbons (Fsp3) is 0.333. The van der Waals surface area contributed by atoms with Gasteiger partial charge in [-0.25, -0.2) is 0 Å². The van der Waals surface area contributed by atoms with Crippen LogP contribution in [0.5, 0.6) is 0 Å². The minimum Gasteiger partial charge on any atom is -0.396 e. The van der Waals surface area contributed by atoms with Gasteiger partial charge in [-0.2, -0.15) is 0 Å². The summed E-state index contributed by atoms with van der Waals surface area (Å²) in [6.07, 6.45) is 1.02. The summed E-state index contributed by atoms with van der Waals surface area (Å²) in [7, 11) is 0. The minimum absolute atomic E-state index is 0.281. The van der Waals surface area contributed by atoms with E-state index in [9.17, 15) is 0 Å². The average molecular weight is 213 g/mol. The van der Waals surface area contributed by atoms with E-state index in [-0.39, 0.29) is 6.61 Å². The van der Waals surface area contributed by atoms with Gasteiger partial charge in [-0.15, -0.1) is 0 Å². The molecule has 1 nitrogen and oxygen atoms in total. The van der Waals surface area contributed by atoms with Crippen molar-refractivity contribution in [2.75, 3.05) is 6.61 Å². The first kappa shape index (κ1) is 7.32. The van der Waals surface area contributed by atoms with Crippen molar-refractivity contribution in [3.63, 3.8) is 0 Å². The van der Waals surface area contributed by atoms with Gasteiger partial charge in [0.15, 0.2) is 0 Å². The molecule has 0 radical (unpaired) electrons. The predicted octanol–water partition coefficient (Wildman–Crippen LogP) is 2.08. The SMILES string of the molecule is OCC1Cc2c(Br)cccc21. The van der Waals surface area contributed by atoms with Gasteiger partial charge >= 0.3 is 0 Å². The Labute approximate surface area is 74.2 Å². The molecule has 58 valence electrons. The topological polar surface area (TPSA) is 20.2 Å². The molecule has 0 saturated carbocycles. The predicted molar refractivity (Wildman–Crippen MR) is 47.7 cm³/mol. The van der Waals surface area contributed by atoms with Gasteiger partial charge in [-0.1, -0.05) is 28.1 Å². The van der Waals surface area contributed by atoms with Crippen molar-refractivity contribution in [1.29, 1.82) is 0 Å². The second-order valence-corrected chi connectivity index (χ2v) is 3.75. The molecule has 0 aliphatic heterocycles. The number of aliphatic hydroxyl groups is 1. The first-order valence-corrected chi connectivity index (χ1v) is 4.50. The quantitative estimate of drug-likeness (QED) is 0.757. The van der Waals surface area contributed by atoms with E-state index >= 15 is 0 Å². The standard InChI is InChI=1S/C9H9BrO/c10-9-3-1-2-7-6(5-11)4-8(7)9/h1-3,6,11H,4-5H2. The highest BCUT2D eigenvalue weighted by Crippen LogP contribution is 2.38. The Morgan fingerprint density at radius 2 is 2.36 bits per heavy atom. The summed E-state index contributed by atoms with van der Waals surface area (Å²) in [6, 6.07) is 6.15. The lowest BCUT2D eigenvalue weighted by Crippen LogP contribution is -2.20. The molecule has 0 saturated heterocycles. The first-order chi connectivity index (χ1) is 5.33.